The van der Waals surface area contributed by atoms with E-state index in [1.54, 1.807) is 0 Å². The Labute approximate surface area is 68.4 Å². The van der Waals surface area contributed by atoms with Gasteiger partial charge in [0.2, 0.25) is 0 Å². The maximum Gasteiger partial charge on any atom is 0.0409 e. The van der Waals surface area contributed by atoms with Gasteiger partial charge in [0.15, 0.2) is 0 Å². The average Bonchev–Trinajstić information content (AvgIpc) is 1.88. The van der Waals surface area contributed by atoms with Crippen LogP contribution in [0.4, 0.5) is 0 Å². The molecule has 54 valence electrons. The Bertz CT molecular complexity index is 233. The summed E-state index contributed by atoms with van der Waals surface area (Å²) in [4.78, 5) is 0. The highest BCUT2D eigenvalue weighted by atomic mass is 35.5. The Morgan fingerprint density at radius 3 is 2.60 bits per heavy atom. The summed E-state index contributed by atoms with van der Waals surface area (Å²) in [5, 5.41) is 2.24. The van der Waals surface area contributed by atoms with E-state index in [0.29, 0.717) is 0 Å². The highest BCUT2D eigenvalue weighted by Crippen LogP contribution is 2.13. The van der Waals surface area contributed by atoms with Gasteiger partial charge in [0.25, 0.3) is 0 Å². The molecule has 0 bridgehead atoms. The van der Waals surface area contributed by atoms with E-state index in [0.717, 1.165) is 13.6 Å². The van der Waals surface area contributed by atoms with Gasteiger partial charge in [-0.15, -0.1) is 0 Å². The topological polar surface area (TPSA) is 0 Å². The van der Waals surface area contributed by atoms with Crippen LogP contribution in [0.25, 0.3) is 0 Å². The fourth-order valence-corrected chi connectivity index (χ4v) is 1.85. The van der Waals surface area contributed by atoms with Crippen molar-refractivity contribution in [3.05, 3.63) is 28.8 Å². The fourth-order valence-electron chi connectivity index (χ4n) is 0.908. The first-order chi connectivity index (χ1) is 4.74. The second-order valence-corrected chi connectivity index (χ2v) is 3.68. The molecule has 0 saturated heterocycles. The predicted molar refractivity (Wildman–Crippen MR) is 50.1 cm³/mol. The van der Waals surface area contributed by atoms with Crippen molar-refractivity contribution in [3.63, 3.8) is 0 Å². The van der Waals surface area contributed by atoms with Gasteiger partial charge in [-0.3, -0.25) is 0 Å². The molecule has 1 rings (SSSR count). The highest BCUT2D eigenvalue weighted by Gasteiger charge is 1.94. The van der Waals surface area contributed by atoms with Crippen LogP contribution >= 0.6 is 20.2 Å². The zero-order chi connectivity index (χ0) is 7.56. The second kappa shape index (κ2) is 3.37. The molecule has 0 fully saturated rings. The van der Waals surface area contributed by atoms with Crippen LogP contribution in [0, 0.1) is 6.92 Å². The van der Waals surface area contributed by atoms with Crippen molar-refractivity contribution >= 4 is 25.5 Å². The van der Waals surface area contributed by atoms with E-state index < -0.39 is 0 Å². The van der Waals surface area contributed by atoms with Gasteiger partial charge < -0.3 is 0 Å². The van der Waals surface area contributed by atoms with Crippen molar-refractivity contribution in [1.82, 2.24) is 0 Å². The van der Waals surface area contributed by atoms with Crippen molar-refractivity contribution in [2.75, 3.05) is 6.66 Å². The van der Waals surface area contributed by atoms with Gasteiger partial charge in [-0.2, -0.15) is 0 Å². The monoisotopic (exact) mass is 172 g/mol. The van der Waals surface area contributed by atoms with E-state index in [1.807, 2.05) is 12.1 Å². The van der Waals surface area contributed by atoms with E-state index in [1.165, 1.54) is 10.9 Å². The first kappa shape index (κ1) is 8.04. The second-order valence-electron chi connectivity index (χ2n) is 2.21. The largest absolute Gasteiger partial charge is 0.0933 e. The lowest BCUT2D eigenvalue weighted by atomic mass is 10.2. The normalized spacial score (nSPS) is 11.1. The number of hydrogen-bond acceptors (Lipinski definition) is 0. The van der Waals surface area contributed by atoms with Crippen LogP contribution in [0.2, 0.25) is 5.02 Å². The summed E-state index contributed by atoms with van der Waals surface area (Å²) in [5.74, 6) is 0. The molecular formula is C8H10ClP. The molecule has 0 aliphatic heterocycles. The standard InChI is InChI=1S/C8H10ClP/c1-6-5-7(9)3-4-8(6)10-2/h3-5,10H,1-2H3. The van der Waals surface area contributed by atoms with Gasteiger partial charge >= 0.3 is 0 Å². The third-order valence-corrected chi connectivity index (χ3v) is 2.79. The van der Waals surface area contributed by atoms with Crippen molar-refractivity contribution in [1.29, 1.82) is 0 Å². The lowest BCUT2D eigenvalue weighted by molar-refractivity contribution is 1.52. The average molecular weight is 173 g/mol. The summed E-state index contributed by atoms with van der Waals surface area (Å²) in [6, 6.07) is 6.05. The van der Waals surface area contributed by atoms with E-state index in [2.05, 4.69) is 19.7 Å². The summed E-state index contributed by atoms with van der Waals surface area (Å²) in [7, 11) is 0.867. The molecule has 0 saturated carbocycles. The number of halogens is 1. The highest BCUT2D eigenvalue weighted by molar-refractivity contribution is 7.46. The molecule has 0 aliphatic carbocycles. The smallest absolute Gasteiger partial charge is 0.0409 e. The van der Waals surface area contributed by atoms with Crippen LogP contribution in [-0.4, -0.2) is 6.66 Å². The lowest BCUT2D eigenvalue weighted by Gasteiger charge is -2.01. The van der Waals surface area contributed by atoms with E-state index >= 15 is 0 Å². The molecule has 10 heavy (non-hydrogen) atoms. The van der Waals surface area contributed by atoms with Crippen LogP contribution in [0.15, 0.2) is 18.2 Å². The summed E-state index contributed by atoms with van der Waals surface area (Å²) < 4.78 is 0. The maximum atomic E-state index is 5.78. The van der Waals surface area contributed by atoms with E-state index in [4.69, 9.17) is 11.6 Å². The van der Waals surface area contributed by atoms with Gasteiger partial charge in [0, 0.05) is 5.02 Å². The molecule has 1 aromatic rings. The molecular weight excluding hydrogens is 163 g/mol. The number of benzene rings is 1. The Hall–Kier alpha value is -0.0600. The minimum absolute atomic E-state index is 0.833. The molecule has 0 radical (unpaired) electrons. The molecule has 0 aromatic heterocycles. The summed E-state index contributed by atoms with van der Waals surface area (Å²) >= 11 is 5.78. The van der Waals surface area contributed by atoms with Gasteiger partial charge in [-0.1, -0.05) is 26.2 Å². The van der Waals surface area contributed by atoms with Crippen LogP contribution in [0.5, 0.6) is 0 Å². The molecule has 0 spiro atoms. The van der Waals surface area contributed by atoms with Crippen LogP contribution in [0.1, 0.15) is 5.56 Å². The molecule has 0 nitrogen and oxygen atoms in total. The van der Waals surface area contributed by atoms with E-state index in [-0.39, 0.29) is 0 Å². The molecule has 1 aromatic carbocycles. The molecule has 2 heteroatoms. The summed E-state index contributed by atoms with van der Waals surface area (Å²) in [5.41, 5.74) is 1.30. The van der Waals surface area contributed by atoms with Crippen LogP contribution < -0.4 is 5.30 Å². The first-order valence-corrected chi connectivity index (χ1v) is 5.05. The minimum atomic E-state index is 0.833. The van der Waals surface area contributed by atoms with Crippen molar-refractivity contribution in [2.45, 2.75) is 6.92 Å². The Morgan fingerprint density at radius 2 is 2.10 bits per heavy atom. The Kier molecular flexibility index (Phi) is 2.71. The molecule has 0 amide bonds. The van der Waals surface area contributed by atoms with Crippen molar-refractivity contribution < 1.29 is 0 Å². The maximum absolute atomic E-state index is 5.78. The number of aryl methyl sites for hydroxylation is 1. The molecule has 1 atom stereocenters. The summed E-state index contributed by atoms with van der Waals surface area (Å²) in [6.45, 7) is 4.27. The molecule has 0 heterocycles. The zero-order valence-electron chi connectivity index (χ0n) is 6.11. The van der Waals surface area contributed by atoms with Crippen LogP contribution in [0.3, 0.4) is 0 Å². The SMILES string of the molecule is CPc1ccc(Cl)cc1C. The predicted octanol–water partition coefficient (Wildman–Crippen LogP) is 2.58. The third-order valence-electron chi connectivity index (χ3n) is 1.46. The van der Waals surface area contributed by atoms with Crippen LogP contribution in [-0.2, 0) is 0 Å². The summed E-state index contributed by atoms with van der Waals surface area (Å²) in [6.07, 6.45) is 0. The van der Waals surface area contributed by atoms with Gasteiger partial charge in [0.05, 0.1) is 0 Å². The first-order valence-electron chi connectivity index (χ1n) is 3.18. The van der Waals surface area contributed by atoms with Gasteiger partial charge in [-0.25, -0.2) is 0 Å². The fraction of sp³-hybridized carbons (Fsp3) is 0.250. The van der Waals surface area contributed by atoms with Crippen molar-refractivity contribution in [3.8, 4) is 0 Å². The van der Waals surface area contributed by atoms with E-state index in [9.17, 15) is 0 Å². The quantitative estimate of drug-likeness (QED) is 0.572. The van der Waals surface area contributed by atoms with Crippen molar-refractivity contribution in [2.24, 2.45) is 0 Å². The minimum Gasteiger partial charge on any atom is -0.0933 e. The zero-order valence-corrected chi connectivity index (χ0v) is 7.87. The number of hydrogen-bond donors (Lipinski definition) is 0. The third kappa shape index (κ3) is 1.71. The molecule has 0 aliphatic rings. The van der Waals surface area contributed by atoms with Gasteiger partial charge in [-0.05, 0) is 36.6 Å². The Morgan fingerprint density at radius 1 is 1.40 bits per heavy atom. The Balaban J connectivity index is 3.07. The number of rotatable bonds is 1. The molecule has 0 N–H and O–H groups in total. The van der Waals surface area contributed by atoms with Gasteiger partial charge in [0.1, 0.15) is 0 Å². The lowest BCUT2D eigenvalue weighted by Crippen LogP contribution is -1.97. The molecule has 1 unspecified atom stereocenters.